The molecule has 3 heterocycles. The van der Waals surface area contributed by atoms with Crippen molar-refractivity contribution in [1.29, 1.82) is 0 Å². The molecule has 4 rings (SSSR count). The van der Waals surface area contributed by atoms with Gasteiger partial charge in [0, 0.05) is 31.5 Å². The van der Waals surface area contributed by atoms with Gasteiger partial charge in [-0.2, -0.15) is 13.2 Å². The number of para-hydroxylation sites is 1. The van der Waals surface area contributed by atoms with Gasteiger partial charge in [0.15, 0.2) is 5.69 Å². The molecule has 1 aromatic heterocycles. The fourth-order valence-electron chi connectivity index (χ4n) is 3.71. The zero-order chi connectivity index (χ0) is 19.2. The summed E-state index contributed by atoms with van der Waals surface area (Å²) in [6.45, 7) is 1.25. The molecule has 27 heavy (non-hydrogen) atoms. The molecule has 1 aromatic carbocycles. The normalized spacial score (nSPS) is 25.0. The van der Waals surface area contributed by atoms with E-state index in [1.165, 1.54) is 24.4 Å². The number of rotatable bonds is 3. The van der Waals surface area contributed by atoms with E-state index >= 15 is 0 Å². The van der Waals surface area contributed by atoms with Gasteiger partial charge in [-0.3, -0.25) is 4.79 Å². The molecule has 2 saturated heterocycles. The summed E-state index contributed by atoms with van der Waals surface area (Å²) >= 11 is 0. The first kappa shape index (κ1) is 17.9. The van der Waals surface area contributed by atoms with Crippen molar-refractivity contribution >= 4 is 5.91 Å². The fourth-order valence-corrected chi connectivity index (χ4v) is 3.71. The average molecular weight is 382 g/mol. The van der Waals surface area contributed by atoms with E-state index in [1.807, 2.05) is 0 Å². The van der Waals surface area contributed by atoms with E-state index in [2.05, 4.69) is 10.3 Å². The number of carbonyl (C=O) groups excluding carboxylic acids is 1. The highest BCUT2D eigenvalue weighted by Gasteiger charge is 2.45. The lowest BCUT2D eigenvalue weighted by atomic mass is 9.94. The third kappa shape index (κ3) is 3.19. The maximum absolute atomic E-state index is 13.2. The molecule has 0 radical (unpaired) electrons. The zero-order valence-electron chi connectivity index (χ0n) is 14.1. The largest absolute Gasteiger partial charge is 0.418 e. The molecule has 2 fully saturated rings. The summed E-state index contributed by atoms with van der Waals surface area (Å²) in [5.41, 5.74) is -1.09. The molecule has 0 saturated carbocycles. The summed E-state index contributed by atoms with van der Waals surface area (Å²) in [6.07, 6.45) is -3.48. The van der Waals surface area contributed by atoms with Crippen LogP contribution in [0.5, 0.6) is 0 Å². The fraction of sp³-hybridized carbons (Fsp3) is 0.471. The molecule has 3 atom stereocenters. The van der Waals surface area contributed by atoms with Crippen LogP contribution in [0.25, 0.3) is 5.69 Å². The molecular formula is C17H17F3N4O3. The van der Waals surface area contributed by atoms with Crippen LogP contribution in [0.1, 0.15) is 16.1 Å². The number of alkyl halides is 3. The van der Waals surface area contributed by atoms with Crippen LogP contribution in [0.3, 0.4) is 0 Å². The highest BCUT2D eigenvalue weighted by atomic mass is 19.4. The number of fused-ring (bicyclic) bond motifs is 1. The monoisotopic (exact) mass is 382 g/mol. The molecule has 2 aliphatic heterocycles. The number of halogens is 3. The van der Waals surface area contributed by atoms with Crippen molar-refractivity contribution in [1.82, 2.24) is 19.9 Å². The number of hydrogen-bond acceptors (Lipinski definition) is 5. The first-order chi connectivity index (χ1) is 12.9. The number of nitrogens with zero attached hydrogens (tertiary/aromatic N) is 4. The number of benzene rings is 1. The van der Waals surface area contributed by atoms with Crippen LogP contribution in [-0.2, 0) is 10.9 Å². The predicted octanol–water partition coefficient (Wildman–Crippen LogP) is 1.37. The standard InChI is InChI=1S/C17H17F3N4O3/c18-17(19,20)12-3-1-2-4-14(12)24-6-13(21-22-24)16(26)23-5-11-10(8-25)9-27-15(11)7-23/h1-4,6,10-11,15,25H,5,7-9H2/t10-,11-,15-/m1/s1. The van der Waals surface area contributed by atoms with Crippen LogP contribution in [0.4, 0.5) is 13.2 Å². The van der Waals surface area contributed by atoms with Crippen molar-refractivity contribution in [2.24, 2.45) is 11.8 Å². The Balaban J connectivity index is 1.55. The SMILES string of the molecule is O=C(c1cn(-c2ccccc2C(F)(F)F)nn1)N1C[C@@H]2[C@H](CO)CO[C@@H]2C1. The van der Waals surface area contributed by atoms with Crippen molar-refractivity contribution in [2.75, 3.05) is 26.3 Å². The van der Waals surface area contributed by atoms with Crippen LogP contribution in [-0.4, -0.2) is 63.3 Å². The second-order valence-corrected chi connectivity index (χ2v) is 6.75. The van der Waals surface area contributed by atoms with Gasteiger partial charge in [0.1, 0.15) is 0 Å². The molecule has 0 bridgehead atoms. The van der Waals surface area contributed by atoms with Crippen molar-refractivity contribution in [3.05, 3.63) is 41.7 Å². The first-order valence-corrected chi connectivity index (χ1v) is 8.49. The van der Waals surface area contributed by atoms with Gasteiger partial charge in [-0.25, -0.2) is 4.68 Å². The Morgan fingerprint density at radius 1 is 1.30 bits per heavy atom. The highest BCUT2D eigenvalue weighted by Crippen LogP contribution is 2.35. The number of carbonyl (C=O) groups is 1. The lowest BCUT2D eigenvalue weighted by Gasteiger charge is -2.17. The van der Waals surface area contributed by atoms with E-state index in [1.54, 1.807) is 4.90 Å². The summed E-state index contributed by atoms with van der Waals surface area (Å²) in [5, 5.41) is 16.8. The highest BCUT2D eigenvalue weighted by molar-refractivity contribution is 5.92. The maximum Gasteiger partial charge on any atom is 0.418 e. The minimum absolute atomic E-state index is 0.00634. The van der Waals surface area contributed by atoms with Crippen LogP contribution in [0, 0.1) is 11.8 Å². The third-order valence-electron chi connectivity index (χ3n) is 5.13. The average Bonchev–Trinajstić information content (AvgIpc) is 3.35. The van der Waals surface area contributed by atoms with Gasteiger partial charge in [0.05, 0.1) is 30.2 Å². The van der Waals surface area contributed by atoms with Gasteiger partial charge in [0.2, 0.25) is 0 Å². The molecule has 10 heteroatoms. The van der Waals surface area contributed by atoms with E-state index in [9.17, 15) is 23.1 Å². The van der Waals surface area contributed by atoms with E-state index < -0.39 is 17.6 Å². The van der Waals surface area contributed by atoms with E-state index in [4.69, 9.17) is 4.74 Å². The van der Waals surface area contributed by atoms with Gasteiger partial charge >= 0.3 is 6.18 Å². The molecular weight excluding hydrogens is 365 g/mol. The third-order valence-corrected chi connectivity index (χ3v) is 5.13. The molecule has 0 aliphatic carbocycles. The predicted molar refractivity (Wildman–Crippen MR) is 86.1 cm³/mol. The van der Waals surface area contributed by atoms with Crippen molar-refractivity contribution in [2.45, 2.75) is 12.3 Å². The lowest BCUT2D eigenvalue weighted by molar-refractivity contribution is -0.137. The molecule has 0 spiro atoms. The Bertz CT molecular complexity index is 854. The second-order valence-electron chi connectivity index (χ2n) is 6.75. The van der Waals surface area contributed by atoms with Crippen molar-refractivity contribution in [3.8, 4) is 5.69 Å². The quantitative estimate of drug-likeness (QED) is 0.867. The minimum atomic E-state index is -4.55. The summed E-state index contributed by atoms with van der Waals surface area (Å²) in [4.78, 5) is 14.2. The molecule has 0 unspecified atom stereocenters. The maximum atomic E-state index is 13.2. The van der Waals surface area contributed by atoms with Gasteiger partial charge in [-0.05, 0) is 12.1 Å². The first-order valence-electron chi connectivity index (χ1n) is 8.49. The van der Waals surface area contributed by atoms with Crippen LogP contribution >= 0.6 is 0 Å². The number of amides is 1. The Labute approximate surface area is 152 Å². The smallest absolute Gasteiger partial charge is 0.396 e. The Kier molecular flexibility index (Phi) is 4.39. The van der Waals surface area contributed by atoms with Crippen LogP contribution in [0.15, 0.2) is 30.5 Å². The number of likely N-dealkylation sites (tertiary alicyclic amines) is 1. The summed E-state index contributed by atoms with van der Waals surface area (Å²) in [5.74, 6) is -0.373. The number of aromatic nitrogens is 3. The Morgan fingerprint density at radius 3 is 2.81 bits per heavy atom. The van der Waals surface area contributed by atoms with Gasteiger partial charge in [-0.15, -0.1) is 5.10 Å². The molecule has 1 N–H and O–H groups in total. The second kappa shape index (κ2) is 6.61. The van der Waals surface area contributed by atoms with Gasteiger partial charge < -0.3 is 14.7 Å². The number of aliphatic hydroxyl groups is 1. The Hall–Kier alpha value is -2.46. The van der Waals surface area contributed by atoms with Gasteiger partial charge in [0.25, 0.3) is 5.91 Å². The summed E-state index contributed by atoms with van der Waals surface area (Å²) in [7, 11) is 0. The molecule has 144 valence electrons. The van der Waals surface area contributed by atoms with Crippen molar-refractivity contribution < 1.29 is 27.8 Å². The number of ether oxygens (including phenoxy) is 1. The number of hydrogen-bond donors (Lipinski definition) is 1. The van der Waals surface area contributed by atoms with Crippen LogP contribution in [0.2, 0.25) is 0 Å². The molecule has 1 amide bonds. The molecule has 2 aromatic rings. The van der Waals surface area contributed by atoms with E-state index in [-0.39, 0.29) is 35.9 Å². The number of aliphatic hydroxyl groups excluding tert-OH is 1. The van der Waals surface area contributed by atoms with E-state index in [0.717, 1.165) is 10.7 Å². The van der Waals surface area contributed by atoms with Crippen LogP contribution < -0.4 is 0 Å². The Morgan fingerprint density at radius 2 is 2.07 bits per heavy atom. The summed E-state index contributed by atoms with van der Waals surface area (Å²) in [6, 6.07) is 4.97. The lowest BCUT2D eigenvalue weighted by Crippen LogP contribution is -2.31. The zero-order valence-corrected chi connectivity index (χ0v) is 14.1. The topological polar surface area (TPSA) is 80.5 Å². The molecule has 2 aliphatic rings. The van der Waals surface area contributed by atoms with Crippen molar-refractivity contribution in [3.63, 3.8) is 0 Å². The van der Waals surface area contributed by atoms with E-state index in [0.29, 0.717) is 19.7 Å². The summed E-state index contributed by atoms with van der Waals surface area (Å²) < 4.78 is 46.1. The van der Waals surface area contributed by atoms with Gasteiger partial charge in [-0.1, -0.05) is 17.3 Å². The minimum Gasteiger partial charge on any atom is -0.396 e. The molecule has 7 nitrogen and oxygen atoms in total.